The van der Waals surface area contributed by atoms with Crippen molar-refractivity contribution in [3.05, 3.63) is 30.5 Å². The molecule has 1 unspecified atom stereocenters. The number of aliphatic hydroxyl groups is 1. The molecule has 0 aliphatic carbocycles. The third-order valence-electron chi connectivity index (χ3n) is 2.82. The molecule has 5 nitrogen and oxygen atoms in total. The van der Waals surface area contributed by atoms with Crippen molar-refractivity contribution in [2.45, 2.75) is 12.5 Å². The molecule has 86 valence electrons. The molecule has 0 spiro atoms. The molecule has 1 aromatic carbocycles. The zero-order chi connectivity index (χ0) is 11.8. The standard InChI is InChI=1S/C12H11N3O2/c16-9-5-11(17)15(7-9)12-13-6-8-3-1-2-4-10(8)14-12/h1-4,6,9,16H,5,7H2. The van der Waals surface area contributed by atoms with Gasteiger partial charge in [0.05, 0.1) is 24.6 Å². The summed E-state index contributed by atoms with van der Waals surface area (Å²) in [7, 11) is 0. The number of carbonyl (C=O) groups is 1. The zero-order valence-electron chi connectivity index (χ0n) is 9.08. The minimum absolute atomic E-state index is 0.132. The first-order chi connectivity index (χ1) is 8.24. The van der Waals surface area contributed by atoms with Crippen LogP contribution in [0.4, 0.5) is 5.95 Å². The van der Waals surface area contributed by atoms with E-state index in [9.17, 15) is 9.90 Å². The quantitative estimate of drug-likeness (QED) is 0.782. The highest BCUT2D eigenvalue weighted by atomic mass is 16.3. The van der Waals surface area contributed by atoms with Crippen LogP contribution in [0.15, 0.2) is 30.5 Å². The maximum absolute atomic E-state index is 11.6. The number of rotatable bonds is 1. The van der Waals surface area contributed by atoms with E-state index in [0.717, 1.165) is 10.9 Å². The van der Waals surface area contributed by atoms with Crippen LogP contribution in [0, 0.1) is 0 Å². The summed E-state index contributed by atoms with van der Waals surface area (Å²) < 4.78 is 0. The smallest absolute Gasteiger partial charge is 0.232 e. The molecule has 1 aliphatic heterocycles. The van der Waals surface area contributed by atoms with Crippen LogP contribution in [0.5, 0.6) is 0 Å². The molecule has 0 radical (unpaired) electrons. The lowest BCUT2D eigenvalue weighted by atomic mass is 10.2. The molecular weight excluding hydrogens is 218 g/mol. The van der Waals surface area contributed by atoms with Crippen molar-refractivity contribution in [3.63, 3.8) is 0 Å². The van der Waals surface area contributed by atoms with Crippen molar-refractivity contribution in [2.24, 2.45) is 0 Å². The summed E-state index contributed by atoms with van der Waals surface area (Å²) in [6.45, 7) is 0.275. The summed E-state index contributed by atoms with van der Waals surface area (Å²) in [5, 5.41) is 10.4. The highest BCUT2D eigenvalue weighted by Crippen LogP contribution is 2.19. The fraction of sp³-hybridized carbons (Fsp3) is 0.250. The van der Waals surface area contributed by atoms with Crippen LogP contribution >= 0.6 is 0 Å². The lowest BCUT2D eigenvalue weighted by Crippen LogP contribution is -2.27. The molecule has 0 saturated carbocycles. The SMILES string of the molecule is O=C1CC(O)CN1c1ncc2ccccc2n1. The summed E-state index contributed by atoms with van der Waals surface area (Å²) in [6.07, 6.45) is 1.23. The summed E-state index contributed by atoms with van der Waals surface area (Å²) >= 11 is 0. The Kier molecular flexibility index (Phi) is 2.26. The predicted octanol–water partition coefficient (Wildman–Crippen LogP) is 0.727. The van der Waals surface area contributed by atoms with E-state index in [4.69, 9.17) is 0 Å². The van der Waals surface area contributed by atoms with Crippen molar-refractivity contribution >= 4 is 22.8 Å². The number of benzene rings is 1. The van der Waals surface area contributed by atoms with E-state index in [1.165, 1.54) is 4.90 Å². The summed E-state index contributed by atoms with van der Waals surface area (Å²) in [4.78, 5) is 21.5. The maximum Gasteiger partial charge on any atom is 0.232 e. The second kappa shape index (κ2) is 3.78. The fourth-order valence-corrected chi connectivity index (χ4v) is 1.97. The van der Waals surface area contributed by atoms with E-state index in [2.05, 4.69) is 9.97 Å². The van der Waals surface area contributed by atoms with Crippen LogP contribution in [0.3, 0.4) is 0 Å². The van der Waals surface area contributed by atoms with Crippen molar-refractivity contribution < 1.29 is 9.90 Å². The van der Waals surface area contributed by atoms with E-state index in [0.29, 0.717) is 5.95 Å². The number of aromatic nitrogens is 2. The number of aliphatic hydroxyl groups excluding tert-OH is 1. The van der Waals surface area contributed by atoms with Crippen LogP contribution in [-0.2, 0) is 4.79 Å². The molecule has 5 heteroatoms. The van der Waals surface area contributed by atoms with E-state index >= 15 is 0 Å². The Morgan fingerprint density at radius 3 is 2.94 bits per heavy atom. The van der Waals surface area contributed by atoms with Gasteiger partial charge in [0, 0.05) is 11.6 Å². The zero-order valence-corrected chi connectivity index (χ0v) is 9.08. The lowest BCUT2D eigenvalue weighted by molar-refractivity contribution is -0.117. The molecule has 1 fully saturated rings. The Balaban J connectivity index is 2.03. The largest absolute Gasteiger partial charge is 0.391 e. The van der Waals surface area contributed by atoms with Crippen LogP contribution in [0.2, 0.25) is 0 Å². The fourth-order valence-electron chi connectivity index (χ4n) is 1.97. The topological polar surface area (TPSA) is 66.3 Å². The molecule has 1 saturated heterocycles. The third-order valence-corrected chi connectivity index (χ3v) is 2.82. The van der Waals surface area contributed by atoms with Gasteiger partial charge < -0.3 is 5.11 Å². The molecule has 3 rings (SSSR count). The van der Waals surface area contributed by atoms with Crippen molar-refractivity contribution in [1.82, 2.24) is 9.97 Å². The van der Waals surface area contributed by atoms with Gasteiger partial charge in [-0.05, 0) is 6.07 Å². The molecule has 0 bridgehead atoms. The van der Waals surface area contributed by atoms with E-state index in [1.54, 1.807) is 6.20 Å². The maximum atomic E-state index is 11.6. The molecule has 1 aliphatic rings. The highest BCUT2D eigenvalue weighted by molar-refractivity contribution is 5.95. The average Bonchev–Trinajstić information content (AvgIpc) is 2.68. The number of amides is 1. The number of anilines is 1. The monoisotopic (exact) mass is 229 g/mol. The van der Waals surface area contributed by atoms with Gasteiger partial charge in [-0.2, -0.15) is 0 Å². The number of fused-ring (bicyclic) bond motifs is 1. The van der Waals surface area contributed by atoms with Gasteiger partial charge in [-0.15, -0.1) is 0 Å². The van der Waals surface area contributed by atoms with Gasteiger partial charge in [-0.25, -0.2) is 9.97 Å². The Bertz CT molecular complexity index is 585. The second-order valence-corrected chi connectivity index (χ2v) is 4.09. The normalized spacial score (nSPS) is 20.2. The van der Waals surface area contributed by atoms with Gasteiger partial charge in [-0.1, -0.05) is 18.2 Å². The minimum Gasteiger partial charge on any atom is -0.391 e. The Hall–Kier alpha value is -2.01. The van der Waals surface area contributed by atoms with Gasteiger partial charge in [-0.3, -0.25) is 9.69 Å². The number of hydrogen-bond donors (Lipinski definition) is 1. The second-order valence-electron chi connectivity index (χ2n) is 4.09. The van der Waals surface area contributed by atoms with Crippen LogP contribution in [-0.4, -0.2) is 33.6 Å². The van der Waals surface area contributed by atoms with Crippen molar-refractivity contribution in [2.75, 3.05) is 11.4 Å². The van der Waals surface area contributed by atoms with Crippen LogP contribution in [0.25, 0.3) is 10.9 Å². The van der Waals surface area contributed by atoms with Gasteiger partial charge in [0.1, 0.15) is 0 Å². The van der Waals surface area contributed by atoms with Gasteiger partial charge in [0.15, 0.2) is 0 Å². The van der Waals surface area contributed by atoms with E-state index in [1.807, 2.05) is 24.3 Å². The van der Waals surface area contributed by atoms with E-state index < -0.39 is 6.10 Å². The van der Waals surface area contributed by atoms with Crippen LogP contribution < -0.4 is 4.90 Å². The summed E-state index contributed by atoms with van der Waals surface area (Å²) in [5.74, 6) is 0.234. The molecule has 1 aromatic heterocycles. The van der Waals surface area contributed by atoms with Crippen molar-refractivity contribution in [3.8, 4) is 0 Å². The lowest BCUT2D eigenvalue weighted by Gasteiger charge is -2.13. The Morgan fingerprint density at radius 1 is 1.35 bits per heavy atom. The summed E-state index contributed by atoms with van der Waals surface area (Å²) in [6, 6.07) is 7.59. The highest BCUT2D eigenvalue weighted by Gasteiger charge is 2.30. The molecule has 2 aromatic rings. The van der Waals surface area contributed by atoms with E-state index in [-0.39, 0.29) is 18.9 Å². The first-order valence-corrected chi connectivity index (χ1v) is 5.44. The number of para-hydroxylation sites is 1. The first kappa shape index (κ1) is 10.2. The first-order valence-electron chi connectivity index (χ1n) is 5.44. The molecule has 1 amide bonds. The van der Waals surface area contributed by atoms with Gasteiger partial charge >= 0.3 is 0 Å². The number of hydrogen-bond acceptors (Lipinski definition) is 4. The van der Waals surface area contributed by atoms with Crippen LogP contribution in [0.1, 0.15) is 6.42 Å². The van der Waals surface area contributed by atoms with Gasteiger partial charge in [0.2, 0.25) is 11.9 Å². The molecule has 2 heterocycles. The molecular formula is C12H11N3O2. The molecule has 1 atom stereocenters. The third kappa shape index (κ3) is 1.74. The van der Waals surface area contributed by atoms with Gasteiger partial charge in [0.25, 0.3) is 0 Å². The Labute approximate surface area is 97.7 Å². The number of β-amino-alcohol motifs (C(OH)–C–C–N with tert-alkyl or cyclic N) is 1. The average molecular weight is 229 g/mol. The minimum atomic E-state index is -0.613. The van der Waals surface area contributed by atoms with Crippen molar-refractivity contribution in [1.29, 1.82) is 0 Å². The predicted molar refractivity (Wildman–Crippen MR) is 62.5 cm³/mol. The molecule has 1 N–H and O–H groups in total. The number of carbonyl (C=O) groups excluding carboxylic acids is 1. The molecule has 17 heavy (non-hydrogen) atoms. The Morgan fingerprint density at radius 2 is 2.18 bits per heavy atom. The summed E-state index contributed by atoms with van der Waals surface area (Å²) in [5.41, 5.74) is 0.798. The number of nitrogens with zero attached hydrogens (tertiary/aromatic N) is 3.